The van der Waals surface area contributed by atoms with E-state index in [1.807, 2.05) is 0 Å². The number of rotatable bonds is 3. The van der Waals surface area contributed by atoms with E-state index in [0.29, 0.717) is 22.6 Å². The van der Waals surface area contributed by atoms with E-state index in [2.05, 4.69) is 15.5 Å². The molecule has 108 valence electrons. The van der Waals surface area contributed by atoms with E-state index in [9.17, 15) is 9.59 Å². The molecule has 0 bridgehead atoms. The molecule has 0 aliphatic heterocycles. The van der Waals surface area contributed by atoms with Gasteiger partial charge in [-0.15, -0.1) is 0 Å². The molecule has 2 aromatic rings. The van der Waals surface area contributed by atoms with Crippen LogP contribution in [-0.4, -0.2) is 27.2 Å². The number of carbonyl (C=O) groups excluding carboxylic acids is 1. The first kappa shape index (κ1) is 14.4. The summed E-state index contributed by atoms with van der Waals surface area (Å²) in [6.07, 6.45) is 0. The van der Waals surface area contributed by atoms with E-state index in [0.717, 1.165) is 0 Å². The van der Waals surface area contributed by atoms with E-state index in [1.54, 1.807) is 19.9 Å². The van der Waals surface area contributed by atoms with E-state index in [1.165, 1.54) is 18.2 Å². The lowest BCUT2D eigenvalue weighted by Gasteiger charge is -2.10. The van der Waals surface area contributed by atoms with Crippen LogP contribution in [0.2, 0.25) is 0 Å². The van der Waals surface area contributed by atoms with Crippen molar-refractivity contribution in [1.82, 2.24) is 10.2 Å². The molecule has 1 amide bonds. The van der Waals surface area contributed by atoms with E-state index in [-0.39, 0.29) is 11.3 Å². The van der Waals surface area contributed by atoms with Gasteiger partial charge in [0.2, 0.25) is 0 Å². The lowest BCUT2D eigenvalue weighted by atomic mass is 10.1. The maximum Gasteiger partial charge on any atom is 0.337 e. The summed E-state index contributed by atoms with van der Waals surface area (Å²) in [5, 5.41) is 19.4. The number of hydrogen-bond donors (Lipinski definition) is 3. The summed E-state index contributed by atoms with van der Waals surface area (Å²) < 4.78 is 0. The van der Waals surface area contributed by atoms with E-state index in [4.69, 9.17) is 10.8 Å². The Balaban J connectivity index is 2.38. The number of anilines is 2. The van der Waals surface area contributed by atoms with Crippen LogP contribution in [0.4, 0.5) is 11.4 Å². The summed E-state index contributed by atoms with van der Waals surface area (Å²) in [5.74, 6) is -1.61. The molecule has 1 aromatic carbocycles. The van der Waals surface area contributed by atoms with Crippen LogP contribution in [0.25, 0.3) is 0 Å². The Morgan fingerprint density at radius 1 is 1.14 bits per heavy atom. The van der Waals surface area contributed by atoms with Crippen molar-refractivity contribution in [3.05, 3.63) is 46.8 Å². The predicted octanol–water partition coefficient (Wildman–Crippen LogP) is 1.63. The third kappa shape index (κ3) is 3.14. The van der Waals surface area contributed by atoms with Crippen molar-refractivity contribution in [2.24, 2.45) is 0 Å². The molecule has 0 spiro atoms. The normalized spacial score (nSPS) is 10.2. The van der Waals surface area contributed by atoms with Gasteiger partial charge in [-0.25, -0.2) is 4.79 Å². The number of nitrogens with two attached hydrogens (primary N) is 1. The minimum absolute atomic E-state index is 0.0334. The number of carboxylic acids is 1. The zero-order chi connectivity index (χ0) is 15.6. The monoisotopic (exact) mass is 286 g/mol. The number of hydrogen-bond acceptors (Lipinski definition) is 5. The van der Waals surface area contributed by atoms with Crippen molar-refractivity contribution in [3.8, 4) is 0 Å². The summed E-state index contributed by atoms with van der Waals surface area (Å²) in [5.41, 5.74) is 7.48. The molecule has 2 rings (SSSR count). The molecule has 0 radical (unpaired) electrons. The zero-order valence-electron chi connectivity index (χ0n) is 11.5. The van der Waals surface area contributed by atoms with Crippen molar-refractivity contribution in [2.45, 2.75) is 13.8 Å². The average molecular weight is 286 g/mol. The summed E-state index contributed by atoms with van der Waals surface area (Å²) in [4.78, 5) is 23.4. The second-order valence-electron chi connectivity index (χ2n) is 4.55. The molecule has 0 saturated heterocycles. The van der Waals surface area contributed by atoms with Gasteiger partial charge < -0.3 is 16.2 Å². The summed E-state index contributed by atoms with van der Waals surface area (Å²) in [6, 6.07) is 5.79. The van der Waals surface area contributed by atoms with Gasteiger partial charge in [0, 0.05) is 5.69 Å². The summed E-state index contributed by atoms with van der Waals surface area (Å²) >= 11 is 0. The largest absolute Gasteiger partial charge is 0.478 e. The van der Waals surface area contributed by atoms with Crippen molar-refractivity contribution in [3.63, 3.8) is 0 Å². The first-order chi connectivity index (χ1) is 9.88. The molecular weight excluding hydrogens is 272 g/mol. The van der Waals surface area contributed by atoms with Crippen molar-refractivity contribution in [1.29, 1.82) is 0 Å². The van der Waals surface area contributed by atoms with Gasteiger partial charge in [-0.3, -0.25) is 4.79 Å². The molecule has 0 atom stereocenters. The van der Waals surface area contributed by atoms with Gasteiger partial charge in [0.1, 0.15) is 0 Å². The van der Waals surface area contributed by atoms with Gasteiger partial charge in [0.15, 0.2) is 0 Å². The van der Waals surface area contributed by atoms with Crippen LogP contribution < -0.4 is 11.1 Å². The first-order valence-electron chi connectivity index (χ1n) is 6.13. The number of nitrogen functional groups attached to an aromatic ring is 1. The molecule has 0 fully saturated rings. The van der Waals surface area contributed by atoms with Crippen LogP contribution in [0.5, 0.6) is 0 Å². The highest BCUT2D eigenvalue weighted by molar-refractivity contribution is 6.08. The Hall–Kier alpha value is -2.96. The number of carboxylic acid groups (broad SMARTS) is 1. The number of aryl methyl sites for hydroxylation is 2. The molecule has 0 unspecified atom stereocenters. The van der Waals surface area contributed by atoms with Crippen LogP contribution in [0.15, 0.2) is 24.3 Å². The fourth-order valence-electron chi connectivity index (χ4n) is 1.82. The van der Waals surface area contributed by atoms with Gasteiger partial charge in [-0.1, -0.05) is 0 Å². The SMILES string of the molecule is Cc1cc(C(=O)Nc2cc(N)ccc2C(=O)O)c(C)nn1. The maximum atomic E-state index is 12.3. The average Bonchev–Trinajstić information content (AvgIpc) is 2.41. The van der Waals surface area contributed by atoms with Gasteiger partial charge >= 0.3 is 5.97 Å². The Labute approximate surface area is 120 Å². The fraction of sp³-hybridized carbons (Fsp3) is 0.143. The quantitative estimate of drug-likeness (QED) is 0.738. The molecule has 7 nitrogen and oxygen atoms in total. The van der Waals surface area contributed by atoms with Crippen LogP contribution >= 0.6 is 0 Å². The first-order valence-corrected chi connectivity index (χ1v) is 6.13. The number of benzene rings is 1. The summed E-state index contributed by atoms with van der Waals surface area (Å²) in [6.45, 7) is 3.37. The van der Waals surface area contributed by atoms with Crippen LogP contribution in [0, 0.1) is 13.8 Å². The lowest BCUT2D eigenvalue weighted by Crippen LogP contribution is -2.17. The van der Waals surface area contributed by atoms with Gasteiger partial charge in [0.05, 0.1) is 28.2 Å². The smallest absolute Gasteiger partial charge is 0.337 e. The van der Waals surface area contributed by atoms with Crippen LogP contribution in [-0.2, 0) is 0 Å². The second-order valence-corrected chi connectivity index (χ2v) is 4.55. The van der Waals surface area contributed by atoms with Crippen molar-refractivity contribution < 1.29 is 14.7 Å². The Morgan fingerprint density at radius 3 is 2.52 bits per heavy atom. The third-order valence-electron chi connectivity index (χ3n) is 2.87. The topological polar surface area (TPSA) is 118 Å². The highest BCUT2D eigenvalue weighted by Gasteiger charge is 2.16. The highest BCUT2D eigenvalue weighted by atomic mass is 16.4. The van der Waals surface area contributed by atoms with Crippen molar-refractivity contribution >= 4 is 23.3 Å². The minimum Gasteiger partial charge on any atom is -0.478 e. The maximum absolute atomic E-state index is 12.3. The Bertz CT molecular complexity index is 728. The number of aromatic carboxylic acids is 1. The highest BCUT2D eigenvalue weighted by Crippen LogP contribution is 2.20. The molecule has 1 heterocycles. The third-order valence-corrected chi connectivity index (χ3v) is 2.87. The van der Waals surface area contributed by atoms with Gasteiger partial charge in [-0.2, -0.15) is 10.2 Å². The number of amides is 1. The lowest BCUT2D eigenvalue weighted by molar-refractivity contribution is 0.0698. The Kier molecular flexibility index (Phi) is 3.84. The van der Waals surface area contributed by atoms with Crippen molar-refractivity contribution in [2.75, 3.05) is 11.1 Å². The van der Waals surface area contributed by atoms with E-state index < -0.39 is 11.9 Å². The number of nitrogens with zero attached hydrogens (tertiary/aromatic N) is 2. The predicted molar refractivity (Wildman–Crippen MR) is 77.3 cm³/mol. The molecule has 0 aliphatic rings. The second kappa shape index (κ2) is 5.58. The van der Waals surface area contributed by atoms with Crippen LogP contribution in [0.1, 0.15) is 32.1 Å². The van der Waals surface area contributed by atoms with Crippen LogP contribution in [0.3, 0.4) is 0 Å². The van der Waals surface area contributed by atoms with Gasteiger partial charge in [0.25, 0.3) is 5.91 Å². The Morgan fingerprint density at radius 2 is 1.86 bits per heavy atom. The molecule has 7 heteroatoms. The zero-order valence-corrected chi connectivity index (χ0v) is 11.5. The molecular formula is C14H14N4O3. The molecule has 1 aromatic heterocycles. The molecule has 21 heavy (non-hydrogen) atoms. The van der Waals surface area contributed by atoms with Gasteiger partial charge in [-0.05, 0) is 38.1 Å². The number of aromatic nitrogens is 2. The minimum atomic E-state index is -1.15. The number of nitrogens with one attached hydrogen (secondary N) is 1. The standard InChI is InChI=1S/C14H14N4O3/c1-7-5-11(8(2)18-17-7)13(19)16-12-6-9(15)3-4-10(12)14(20)21/h3-6H,15H2,1-2H3,(H,16,19)(H,20,21). The molecule has 4 N–H and O–H groups in total. The molecule has 0 saturated carbocycles. The summed E-state index contributed by atoms with van der Waals surface area (Å²) in [7, 11) is 0. The van der Waals surface area contributed by atoms with E-state index >= 15 is 0 Å². The fourth-order valence-corrected chi connectivity index (χ4v) is 1.82. The molecule has 0 aliphatic carbocycles. The number of carbonyl (C=O) groups is 2.